The summed E-state index contributed by atoms with van der Waals surface area (Å²) in [5.74, 6) is -2.87. The summed E-state index contributed by atoms with van der Waals surface area (Å²) in [6.45, 7) is 27.7. The molecule has 102 heavy (non-hydrogen) atoms. The fourth-order valence-electron chi connectivity index (χ4n) is 14.4. The molecule has 11 rings (SSSR count). The molecule has 0 spiro atoms. The van der Waals surface area contributed by atoms with Gasteiger partial charge in [-0.25, -0.2) is 38.9 Å². The van der Waals surface area contributed by atoms with Gasteiger partial charge in [-0.2, -0.15) is 10.5 Å². The molecule has 4 N–H and O–H groups in total. The van der Waals surface area contributed by atoms with E-state index in [1.807, 2.05) is 12.1 Å². The Kier molecular flexibility index (Phi) is 21.5. The van der Waals surface area contributed by atoms with Crippen molar-refractivity contribution >= 4 is 98.8 Å². The topological polar surface area (TPSA) is 312 Å². The van der Waals surface area contributed by atoms with E-state index in [1.54, 1.807) is 122 Å². The fourth-order valence-corrected chi connectivity index (χ4v) is 24.7. The third kappa shape index (κ3) is 14.5. The molecule has 0 fully saturated rings. The zero-order valence-corrected chi connectivity index (χ0v) is 63.9. The summed E-state index contributed by atoms with van der Waals surface area (Å²) in [6.07, 6.45) is 1.09. The normalized spacial score (nSPS) is 27.7. The first-order valence-electron chi connectivity index (χ1n) is 33.4. The van der Waals surface area contributed by atoms with E-state index in [-0.39, 0.29) is 80.9 Å². The number of carbonyl (C=O) groups excluding carboxylic acids is 4. The molecule has 0 aromatic heterocycles. The number of fused-ring (bicyclic) bond motifs is 3. The summed E-state index contributed by atoms with van der Waals surface area (Å²) in [5, 5.41) is 16.9. The predicted octanol–water partition coefficient (Wildman–Crippen LogP) is 14.4. The first-order chi connectivity index (χ1) is 47.2. The summed E-state index contributed by atoms with van der Waals surface area (Å²) < 4.78 is 110. The Bertz CT molecular complexity index is 4920. The number of ketones is 2. The van der Waals surface area contributed by atoms with Crippen molar-refractivity contribution in [3.8, 4) is 12.1 Å². The van der Waals surface area contributed by atoms with Gasteiger partial charge in [0.05, 0.1) is 101 Å². The van der Waals surface area contributed by atoms with Crippen LogP contribution in [0.3, 0.4) is 0 Å². The Labute approximate surface area is 606 Å². The lowest BCUT2D eigenvalue weighted by atomic mass is 9.84. The molecular weight excluding hydrogens is 1410 g/mol. The first-order valence-corrected chi connectivity index (χ1v) is 38.9. The number of hydrogen-bond acceptors (Lipinski definition) is 19. The number of carbonyl (C=O) groups is 4. The highest BCUT2D eigenvalue weighted by Crippen LogP contribution is 2.52. The van der Waals surface area contributed by atoms with E-state index in [9.17, 15) is 36.2 Å². The molecule has 0 saturated heterocycles. The minimum atomic E-state index is -2.97. The number of rotatable bonds is 13. The number of aliphatic imine (C=N–C) groups is 3. The maximum Gasteiger partial charge on any atom is 0.312 e. The van der Waals surface area contributed by atoms with E-state index in [0.29, 0.717) is 78.3 Å². The molecule has 0 aliphatic carbocycles. The van der Waals surface area contributed by atoms with Gasteiger partial charge in [-0.15, -0.1) is 0 Å². The van der Waals surface area contributed by atoms with Crippen LogP contribution in [0, 0.1) is 40.1 Å². The Morgan fingerprint density at radius 1 is 0.500 bits per heavy atom. The molecule has 0 radical (unpaired) electrons. The van der Waals surface area contributed by atoms with Gasteiger partial charge < -0.3 is 20.9 Å². The number of nitriles is 2. The smallest absolute Gasteiger partial charge is 0.312 e. The van der Waals surface area contributed by atoms with E-state index < -0.39 is 116 Å². The van der Waals surface area contributed by atoms with Crippen LogP contribution in [-0.2, 0) is 77.7 Å². The zero-order chi connectivity index (χ0) is 75.7. The lowest BCUT2D eigenvalue weighted by molar-refractivity contribution is -0.154. The SMILES string of the molecule is CC(C)(C)OC(=O)CC1=N[C@](C)(c2cc(CC(=O)c3ccc(C#N)cc3Cl)ccc2F)[C@@H]2CCN=[S@]2(=O)C1(C)C.CC(C)(C)OC(=O)CC1=N[C@](C)(c2cc(N)ccc2F)[C@@H]2CCN=[S@]2(=O)C1(C)C.CC1(C)C(N)=N[C@](C)(c2cc(CC(=O)c3ccc(C#N)cc3Cl)ccc2F)[C@@H]2CCN=[S@@]21=O. The van der Waals surface area contributed by atoms with Crippen LogP contribution in [0.25, 0.3) is 0 Å². The average Bonchev–Trinajstić information content (AvgIpc) is 1.36. The lowest BCUT2D eigenvalue weighted by Gasteiger charge is -2.46. The molecule has 19 nitrogen and oxygen atoms in total. The summed E-state index contributed by atoms with van der Waals surface area (Å²) >= 11 is 12.4. The van der Waals surface area contributed by atoms with Crippen molar-refractivity contribution in [2.24, 2.45) is 33.8 Å². The van der Waals surface area contributed by atoms with Crippen LogP contribution in [0.1, 0.15) is 196 Å². The third-order valence-electron chi connectivity index (χ3n) is 20.0. The van der Waals surface area contributed by atoms with Crippen molar-refractivity contribution in [2.75, 3.05) is 25.4 Å². The maximum atomic E-state index is 15.6. The molecule has 544 valence electrons. The van der Waals surface area contributed by atoms with Gasteiger partial charge in [0.15, 0.2) is 11.6 Å². The van der Waals surface area contributed by atoms with E-state index >= 15 is 8.78 Å². The summed E-state index contributed by atoms with van der Waals surface area (Å²) in [6, 6.07) is 26.0. The molecule has 5 aromatic carbocycles. The highest BCUT2D eigenvalue weighted by Gasteiger charge is 2.60. The molecule has 0 bridgehead atoms. The van der Waals surface area contributed by atoms with Crippen LogP contribution >= 0.6 is 23.2 Å². The summed E-state index contributed by atoms with van der Waals surface area (Å²) in [7, 11) is -8.58. The van der Waals surface area contributed by atoms with Crippen molar-refractivity contribution in [1.29, 1.82) is 10.5 Å². The predicted molar refractivity (Wildman–Crippen MR) is 395 cm³/mol. The van der Waals surface area contributed by atoms with Crippen molar-refractivity contribution < 1.29 is 54.4 Å². The second kappa shape index (κ2) is 28.0. The largest absolute Gasteiger partial charge is 0.460 e. The molecular formula is C75H87Cl2F3N10O9S3. The second-order valence-corrected chi connectivity index (χ2v) is 40.2. The molecule has 6 aliphatic heterocycles. The number of hydrogen-bond donors (Lipinski definition) is 2. The van der Waals surface area contributed by atoms with E-state index in [2.05, 4.69) is 18.1 Å². The van der Waals surface area contributed by atoms with Crippen molar-refractivity contribution in [1.82, 2.24) is 0 Å². The quantitative estimate of drug-likeness (QED) is 0.0630. The molecule has 9 atom stereocenters. The van der Waals surface area contributed by atoms with E-state index in [1.165, 1.54) is 72.8 Å². The number of Topliss-reactive ketones (excluding diaryl/α,β-unsaturated/α-hetero) is 2. The van der Waals surface area contributed by atoms with Gasteiger partial charge in [0.1, 0.15) is 55.9 Å². The fraction of sp³-hybridized carbons (Fsp3) is 0.480. The van der Waals surface area contributed by atoms with Crippen LogP contribution < -0.4 is 11.5 Å². The van der Waals surface area contributed by atoms with Gasteiger partial charge in [0.25, 0.3) is 0 Å². The number of halogens is 5. The number of ether oxygens (including phenoxy) is 2. The summed E-state index contributed by atoms with van der Waals surface area (Å²) in [5.41, 5.74) is 11.4. The Morgan fingerprint density at radius 2 is 0.833 bits per heavy atom. The minimum absolute atomic E-state index is 0.0237. The molecule has 6 aliphatic rings. The van der Waals surface area contributed by atoms with Gasteiger partial charge in [-0.3, -0.25) is 34.2 Å². The van der Waals surface area contributed by atoms with Crippen molar-refractivity contribution in [2.45, 2.75) is 207 Å². The monoisotopic (exact) mass is 1490 g/mol. The minimum Gasteiger partial charge on any atom is -0.460 e. The molecule has 0 unspecified atom stereocenters. The maximum absolute atomic E-state index is 15.6. The van der Waals surface area contributed by atoms with Crippen LogP contribution in [0.15, 0.2) is 119 Å². The number of nitrogens with two attached hydrogens (primary N) is 2. The van der Waals surface area contributed by atoms with Gasteiger partial charge in [0.2, 0.25) is 0 Å². The molecule has 5 aromatic rings. The van der Waals surface area contributed by atoms with E-state index in [4.69, 9.17) is 64.7 Å². The number of benzene rings is 5. The standard InChI is InChI=1S/C30H33ClFN3O4S.C24H24ClFN4O2S.C21H30FN3O3S/c1-28(2,3)39-27(37)16-25-29(4,5)40(38)26(11-12-34-40)30(6,35-25)21-13-18(8-10-23(21)32)15-24(36)20-9-7-19(17-33)14-22(20)31;1-23(2)22(28)30-24(3,21-8-9-29-33(21,23)32)17-10-14(5-7-19(17)26)12-20(31)16-6-4-15(13-27)11-18(16)25;1-19(2,3)28-18(26)12-16-20(4,5)29(27)17(9-10-24-29)21(6,25-16)14-11-13(23)7-8-15(14)22/h7-10,13-14,26H,11-12,15-16H2,1-6H3;4-7,10-11,21H,8-9,12H2,1-3H3,(H2,28,30);7-8,11,17H,9-10,12,23H2,1-6H3/t26-,30+,40+;21-,24+,33+;17-,21+,29+/m000/s1. The highest BCUT2D eigenvalue weighted by molar-refractivity contribution is 7.97. The Morgan fingerprint density at radius 3 is 1.18 bits per heavy atom. The van der Waals surface area contributed by atoms with Crippen LogP contribution in [0.2, 0.25) is 10.0 Å². The van der Waals surface area contributed by atoms with Gasteiger partial charge in [0, 0.05) is 77.4 Å². The van der Waals surface area contributed by atoms with Crippen LogP contribution in [0.5, 0.6) is 0 Å². The molecule has 6 heterocycles. The average molecular weight is 1500 g/mol. The second-order valence-electron chi connectivity index (χ2n) is 30.4. The lowest BCUT2D eigenvalue weighted by Crippen LogP contribution is -2.58. The van der Waals surface area contributed by atoms with Gasteiger partial charge in [-0.05, 0) is 213 Å². The molecule has 0 saturated carbocycles. The molecule has 0 amide bonds. The number of anilines is 1. The first kappa shape index (κ1) is 78.3. The van der Waals surface area contributed by atoms with Crippen molar-refractivity contribution in [3.63, 3.8) is 0 Å². The van der Waals surface area contributed by atoms with Crippen molar-refractivity contribution in [3.05, 3.63) is 169 Å². The Balaban J connectivity index is 0.000000180. The zero-order valence-electron chi connectivity index (χ0n) is 60.0. The van der Waals surface area contributed by atoms with Crippen LogP contribution in [0.4, 0.5) is 18.9 Å². The number of nitrogens with zero attached hydrogens (tertiary/aromatic N) is 8. The van der Waals surface area contributed by atoms with Crippen LogP contribution in [-0.4, -0.2) is 114 Å². The Hall–Kier alpha value is -7.81. The van der Waals surface area contributed by atoms with Gasteiger partial charge >= 0.3 is 11.9 Å². The third-order valence-corrected chi connectivity index (χ3v) is 31.8. The number of esters is 2. The van der Waals surface area contributed by atoms with E-state index in [0.717, 1.165) is 0 Å². The number of amidine groups is 1. The summed E-state index contributed by atoms with van der Waals surface area (Å²) in [4.78, 5) is 65.9. The van der Waals surface area contributed by atoms with Gasteiger partial charge in [-0.1, -0.05) is 35.3 Å². The highest BCUT2D eigenvalue weighted by atomic mass is 35.5. The number of nitrogen functional groups attached to an aromatic ring is 1. The molecule has 27 heteroatoms.